The fourth-order valence-corrected chi connectivity index (χ4v) is 1.85. The Labute approximate surface area is 114 Å². The van der Waals surface area contributed by atoms with E-state index in [2.05, 4.69) is 9.97 Å². The third-order valence-corrected chi connectivity index (χ3v) is 2.92. The molecule has 1 heterocycles. The molecule has 0 saturated carbocycles. The van der Waals surface area contributed by atoms with E-state index in [0.717, 1.165) is 29.3 Å². The van der Waals surface area contributed by atoms with Crippen molar-refractivity contribution >= 4 is 0 Å². The number of aromatic nitrogens is 2. The van der Waals surface area contributed by atoms with Crippen molar-refractivity contribution in [2.45, 2.75) is 39.3 Å². The summed E-state index contributed by atoms with van der Waals surface area (Å²) in [6.07, 6.45) is 2.88. The highest BCUT2D eigenvalue weighted by Gasteiger charge is 2.09. The molecule has 0 aliphatic carbocycles. The van der Waals surface area contributed by atoms with Crippen LogP contribution in [0.15, 0.2) is 30.5 Å². The fourth-order valence-electron chi connectivity index (χ4n) is 1.85. The molecule has 0 aliphatic rings. The number of hydrogen-bond donors (Lipinski definition) is 2. The predicted molar refractivity (Wildman–Crippen MR) is 77.0 cm³/mol. The lowest BCUT2D eigenvalue weighted by Crippen LogP contribution is -2.10. The van der Waals surface area contributed by atoms with Crippen LogP contribution in [0.2, 0.25) is 0 Å². The molecule has 3 N–H and O–H groups in total. The lowest BCUT2D eigenvalue weighted by molar-refractivity contribution is 0.242. The Bertz CT molecular complexity index is 516. The summed E-state index contributed by atoms with van der Waals surface area (Å²) >= 11 is 0. The van der Waals surface area contributed by atoms with E-state index in [4.69, 9.17) is 10.5 Å². The molecular formula is C15H21N3O. The first kappa shape index (κ1) is 13.6. The highest BCUT2D eigenvalue weighted by molar-refractivity contribution is 5.59. The molecule has 1 aromatic heterocycles. The number of aromatic amines is 1. The monoisotopic (exact) mass is 259 g/mol. The minimum absolute atomic E-state index is 0.0303. The third kappa shape index (κ3) is 3.35. The van der Waals surface area contributed by atoms with E-state index in [-0.39, 0.29) is 12.1 Å². The first-order valence-electron chi connectivity index (χ1n) is 6.67. The number of nitrogens with one attached hydrogen (secondary N) is 1. The fraction of sp³-hybridized carbons (Fsp3) is 0.400. The molecule has 4 nitrogen and oxygen atoms in total. The summed E-state index contributed by atoms with van der Waals surface area (Å²) in [6, 6.07) is 7.95. The maximum atomic E-state index is 5.95. The van der Waals surface area contributed by atoms with E-state index in [1.165, 1.54) is 0 Å². The van der Waals surface area contributed by atoms with Crippen LogP contribution in [-0.2, 0) is 0 Å². The van der Waals surface area contributed by atoms with Gasteiger partial charge in [-0.3, -0.25) is 0 Å². The summed E-state index contributed by atoms with van der Waals surface area (Å²) in [6.45, 7) is 6.08. The van der Waals surface area contributed by atoms with Gasteiger partial charge in [0.25, 0.3) is 0 Å². The zero-order valence-electron chi connectivity index (χ0n) is 11.7. The molecule has 0 spiro atoms. The number of nitrogens with zero attached hydrogens (tertiary/aromatic N) is 1. The quantitative estimate of drug-likeness (QED) is 0.866. The van der Waals surface area contributed by atoms with Gasteiger partial charge in [0.15, 0.2) is 0 Å². The maximum Gasteiger partial charge on any atom is 0.123 e. The number of ether oxygens (including phenoxy) is 1. The van der Waals surface area contributed by atoms with Crippen molar-refractivity contribution in [3.05, 3.63) is 36.3 Å². The Morgan fingerprint density at radius 3 is 2.53 bits per heavy atom. The highest BCUT2D eigenvalue weighted by atomic mass is 16.5. The van der Waals surface area contributed by atoms with Crippen molar-refractivity contribution in [3.63, 3.8) is 0 Å². The standard InChI is InChI=1S/C15H21N3O/c1-4-13(16)15-17-9-14(18-15)11-5-7-12(8-6-11)19-10(2)3/h5-10,13H,4,16H2,1-3H3,(H,17,18). The van der Waals surface area contributed by atoms with Gasteiger partial charge in [-0.05, 0) is 50.1 Å². The summed E-state index contributed by atoms with van der Waals surface area (Å²) in [4.78, 5) is 7.59. The number of rotatable bonds is 5. The molecule has 19 heavy (non-hydrogen) atoms. The largest absolute Gasteiger partial charge is 0.491 e. The topological polar surface area (TPSA) is 63.9 Å². The van der Waals surface area contributed by atoms with Crippen LogP contribution in [0.4, 0.5) is 0 Å². The zero-order chi connectivity index (χ0) is 13.8. The second-order valence-corrected chi connectivity index (χ2v) is 4.89. The van der Waals surface area contributed by atoms with Crippen molar-refractivity contribution in [2.75, 3.05) is 0 Å². The van der Waals surface area contributed by atoms with Crippen molar-refractivity contribution < 1.29 is 4.74 Å². The van der Waals surface area contributed by atoms with E-state index in [9.17, 15) is 0 Å². The summed E-state index contributed by atoms with van der Waals surface area (Å²) in [5.41, 5.74) is 8.01. The molecule has 0 radical (unpaired) electrons. The Kier molecular flexibility index (Phi) is 4.22. The summed E-state index contributed by atoms with van der Waals surface area (Å²) in [5.74, 6) is 1.71. The molecular weight excluding hydrogens is 238 g/mol. The molecule has 0 aliphatic heterocycles. The minimum Gasteiger partial charge on any atom is -0.491 e. The van der Waals surface area contributed by atoms with Crippen LogP contribution >= 0.6 is 0 Å². The second-order valence-electron chi connectivity index (χ2n) is 4.89. The number of hydrogen-bond acceptors (Lipinski definition) is 3. The molecule has 102 valence electrons. The van der Waals surface area contributed by atoms with Gasteiger partial charge in [-0.1, -0.05) is 6.92 Å². The van der Waals surface area contributed by atoms with Crippen LogP contribution < -0.4 is 10.5 Å². The van der Waals surface area contributed by atoms with Crippen molar-refractivity contribution in [1.29, 1.82) is 0 Å². The van der Waals surface area contributed by atoms with Crippen LogP contribution in [-0.4, -0.2) is 16.1 Å². The van der Waals surface area contributed by atoms with Gasteiger partial charge in [-0.25, -0.2) is 4.98 Å². The maximum absolute atomic E-state index is 5.95. The van der Waals surface area contributed by atoms with Gasteiger partial charge in [0.1, 0.15) is 11.6 Å². The lowest BCUT2D eigenvalue weighted by atomic mass is 10.1. The second kappa shape index (κ2) is 5.89. The average molecular weight is 259 g/mol. The van der Waals surface area contributed by atoms with Crippen LogP contribution in [0.1, 0.15) is 39.1 Å². The van der Waals surface area contributed by atoms with Gasteiger partial charge in [0.2, 0.25) is 0 Å². The molecule has 0 bridgehead atoms. The van der Waals surface area contributed by atoms with Gasteiger partial charge in [0.05, 0.1) is 24.0 Å². The van der Waals surface area contributed by atoms with Gasteiger partial charge in [-0.15, -0.1) is 0 Å². The zero-order valence-corrected chi connectivity index (χ0v) is 11.7. The van der Waals surface area contributed by atoms with Crippen LogP contribution in [0.3, 0.4) is 0 Å². The van der Waals surface area contributed by atoms with Crippen LogP contribution in [0.5, 0.6) is 5.75 Å². The van der Waals surface area contributed by atoms with E-state index in [0.29, 0.717) is 0 Å². The Hall–Kier alpha value is -1.81. The molecule has 0 saturated heterocycles. The van der Waals surface area contributed by atoms with E-state index in [1.807, 2.05) is 51.2 Å². The van der Waals surface area contributed by atoms with Crippen LogP contribution in [0, 0.1) is 0 Å². The molecule has 1 atom stereocenters. The third-order valence-electron chi connectivity index (χ3n) is 2.92. The summed E-state index contributed by atoms with van der Waals surface area (Å²) in [5, 5.41) is 0. The molecule has 0 fully saturated rings. The first-order valence-corrected chi connectivity index (χ1v) is 6.67. The minimum atomic E-state index is -0.0303. The summed E-state index contributed by atoms with van der Waals surface area (Å²) in [7, 11) is 0. The number of H-pyrrole nitrogens is 1. The van der Waals surface area contributed by atoms with Crippen LogP contribution in [0.25, 0.3) is 11.3 Å². The normalized spacial score (nSPS) is 12.7. The van der Waals surface area contributed by atoms with Gasteiger partial charge in [-0.2, -0.15) is 0 Å². The number of nitrogens with two attached hydrogens (primary N) is 1. The SMILES string of the molecule is CCC(N)c1ncc(-c2ccc(OC(C)C)cc2)[nH]1. The number of benzene rings is 1. The Morgan fingerprint density at radius 2 is 1.95 bits per heavy atom. The molecule has 4 heteroatoms. The van der Waals surface area contributed by atoms with Gasteiger partial charge < -0.3 is 15.5 Å². The molecule has 2 aromatic rings. The molecule has 0 amide bonds. The Morgan fingerprint density at radius 1 is 1.26 bits per heavy atom. The molecule has 1 aromatic carbocycles. The predicted octanol–water partition coefficient (Wildman–Crippen LogP) is 3.27. The smallest absolute Gasteiger partial charge is 0.123 e. The van der Waals surface area contributed by atoms with Crippen molar-refractivity contribution in [2.24, 2.45) is 5.73 Å². The van der Waals surface area contributed by atoms with Crippen molar-refractivity contribution in [3.8, 4) is 17.0 Å². The van der Waals surface area contributed by atoms with Gasteiger partial charge >= 0.3 is 0 Å². The molecule has 1 unspecified atom stereocenters. The summed E-state index contributed by atoms with van der Waals surface area (Å²) < 4.78 is 5.62. The Balaban J connectivity index is 2.15. The highest BCUT2D eigenvalue weighted by Crippen LogP contribution is 2.22. The van der Waals surface area contributed by atoms with E-state index in [1.54, 1.807) is 0 Å². The average Bonchev–Trinajstić information content (AvgIpc) is 2.87. The molecule has 2 rings (SSSR count). The number of imidazole rings is 1. The first-order chi connectivity index (χ1) is 9.10. The van der Waals surface area contributed by atoms with Gasteiger partial charge in [0, 0.05) is 0 Å². The van der Waals surface area contributed by atoms with Crippen molar-refractivity contribution in [1.82, 2.24) is 9.97 Å². The lowest BCUT2D eigenvalue weighted by Gasteiger charge is -2.09. The van der Waals surface area contributed by atoms with E-state index < -0.39 is 0 Å². The van der Waals surface area contributed by atoms with E-state index >= 15 is 0 Å².